The first-order valence-corrected chi connectivity index (χ1v) is 9.72. The Hall–Kier alpha value is -2.66. The topological polar surface area (TPSA) is 61.0 Å². The molecule has 1 aliphatic rings. The number of fused-ring (bicyclic) bond motifs is 1. The molecule has 0 aliphatic carbocycles. The van der Waals surface area contributed by atoms with E-state index in [1.807, 2.05) is 30.3 Å². The molecule has 1 aliphatic heterocycles. The zero-order chi connectivity index (χ0) is 18.6. The number of benzene rings is 2. The van der Waals surface area contributed by atoms with Gasteiger partial charge < -0.3 is 10.3 Å². The average Bonchev–Trinajstić information content (AvgIpc) is 3.12. The van der Waals surface area contributed by atoms with Crippen molar-refractivity contribution >= 4 is 22.6 Å². The molecule has 1 fully saturated rings. The number of carbonyl (C=O) groups is 1. The van der Waals surface area contributed by atoms with Crippen LogP contribution in [-0.2, 0) is 17.8 Å². The number of amides is 1. The number of imidazole rings is 1. The molecule has 0 spiro atoms. The van der Waals surface area contributed by atoms with Gasteiger partial charge in [0.15, 0.2) is 0 Å². The van der Waals surface area contributed by atoms with Gasteiger partial charge in [0.2, 0.25) is 5.91 Å². The number of anilines is 1. The standard InChI is InChI=1S/C22H26N4O/c1-16-5-2-3-10-26(16)14-18-6-4-7-19(11-18)25-22(27)13-17-8-9-20-21(12-17)24-15-23-20/h4,6-9,11-12,15-16H,2-3,5,10,13-14H2,1H3,(H,23,24)(H,25,27)/t16-/m1/s1. The first kappa shape index (κ1) is 17.7. The smallest absolute Gasteiger partial charge is 0.228 e. The average molecular weight is 362 g/mol. The number of likely N-dealkylation sites (tertiary alicyclic amines) is 1. The molecule has 0 bridgehead atoms. The minimum Gasteiger partial charge on any atom is -0.345 e. The molecule has 1 atom stereocenters. The van der Waals surface area contributed by atoms with Crippen molar-refractivity contribution in [2.45, 2.75) is 45.2 Å². The maximum atomic E-state index is 12.5. The number of nitrogens with zero attached hydrogens (tertiary/aromatic N) is 2. The fraction of sp³-hybridized carbons (Fsp3) is 0.364. The van der Waals surface area contributed by atoms with Crippen molar-refractivity contribution in [2.24, 2.45) is 0 Å². The Morgan fingerprint density at radius 2 is 2.15 bits per heavy atom. The Bertz CT molecular complexity index is 933. The number of hydrogen-bond donors (Lipinski definition) is 2. The first-order chi connectivity index (χ1) is 13.2. The van der Waals surface area contributed by atoms with E-state index in [1.165, 1.54) is 24.8 Å². The molecule has 27 heavy (non-hydrogen) atoms. The number of H-pyrrole nitrogens is 1. The molecular formula is C22H26N4O. The van der Waals surface area contributed by atoms with E-state index in [1.54, 1.807) is 6.33 Å². The Balaban J connectivity index is 1.39. The maximum Gasteiger partial charge on any atom is 0.228 e. The number of hydrogen-bond acceptors (Lipinski definition) is 3. The van der Waals surface area contributed by atoms with Gasteiger partial charge in [-0.3, -0.25) is 9.69 Å². The molecule has 5 heteroatoms. The molecule has 0 saturated carbocycles. The Morgan fingerprint density at radius 1 is 1.22 bits per heavy atom. The van der Waals surface area contributed by atoms with E-state index in [0.29, 0.717) is 12.5 Å². The Morgan fingerprint density at radius 3 is 3.04 bits per heavy atom. The SMILES string of the molecule is C[C@@H]1CCCCN1Cc1cccc(NC(=O)Cc2ccc3nc[nH]c3c2)c1. The number of piperidine rings is 1. The highest BCUT2D eigenvalue weighted by Gasteiger charge is 2.18. The van der Waals surface area contributed by atoms with Crippen LogP contribution in [0.15, 0.2) is 48.8 Å². The third kappa shape index (κ3) is 4.37. The molecule has 2 heterocycles. The van der Waals surface area contributed by atoms with Crippen LogP contribution in [0, 0.1) is 0 Å². The predicted octanol–water partition coefficient (Wildman–Crippen LogP) is 4.12. The minimum absolute atomic E-state index is 0.00245. The van der Waals surface area contributed by atoms with Crippen LogP contribution in [0.3, 0.4) is 0 Å². The van der Waals surface area contributed by atoms with Crippen molar-refractivity contribution in [3.8, 4) is 0 Å². The molecule has 0 unspecified atom stereocenters. The molecule has 0 radical (unpaired) electrons. The third-order valence-electron chi connectivity index (χ3n) is 5.39. The summed E-state index contributed by atoms with van der Waals surface area (Å²) in [4.78, 5) is 22.3. The zero-order valence-corrected chi connectivity index (χ0v) is 15.7. The number of aromatic amines is 1. The van der Waals surface area contributed by atoms with Crippen LogP contribution in [-0.4, -0.2) is 33.4 Å². The van der Waals surface area contributed by atoms with Gasteiger partial charge in [-0.05, 0) is 61.7 Å². The van der Waals surface area contributed by atoms with E-state index in [2.05, 4.69) is 39.2 Å². The summed E-state index contributed by atoms with van der Waals surface area (Å²) < 4.78 is 0. The van der Waals surface area contributed by atoms with Gasteiger partial charge in [0.05, 0.1) is 23.8 Å². The van der Waals surface area contributed by atoms with Crippen LogP contribution >= 0.6 is 0 Å². The van der Waals surface area contributed by atoms with Crippen molar-refractivity contribution in [2.75, 3.05) is 11.9 Å². The van der Waals surface area contributed by atoms with E-state index in [9.17, 15) is 4.79 Å². The summed E-state index contributed by atoms with van der Waals surface area (Å²) in [6.07, 6.45) is 5.90. The summed E-state index contributed by atoms with van der Waals surface area (Å²) in [6.45, 7) is 4.41. The molecule has 1 amide bonds. The van der Waals surface area contributed by atoms with Gasteiger partial charge in [-0.15, -0.1) is 0 Å². The van der Waals surface area contributed by atoms with Gasteiger partial charge in [0.1, 0.15) is 0 Å². The van der Waals surface area contributed by atoms with E-state index >= 15 is 0 Å². The molecule has 2 N–H and O–H groups in total. The number of aromatic nitrogens is 2. The molecule has 1 aromatic heterocycles. The van der Waals surface area contributed by atoms with E-state index in [0.717, 1.165) is 35.4 Å². The molecule has 140 valence electrons. The van der Waals surface area contributed by atoms with Crippen LogP contribution in [0.25, 0.3) is 11.0 Å². The van der Waals surface area contributed by atoms with Crippen molar-refractivity contribution < 1.29 is 4.79 Å². The molecule has 2 aromatic carbocycles. The summed E-state index contributed by atoms with van der Waals surface area (Å²) in [6, 6.07) is 14.7. The predicted molar refractivity (Wildman–Crippen MR) is 109 cm³/mol. The summed E-state index contributed by atoms with van der Waals surface area (Å²) in [7, 11) is 0. The summed E-state index contributed by atoms with van der Waals surface area (Å²) in [5.74, 6) is -0.00245. The van der Waals surface area contributed by atoms with Gasteiger partial charge >= 0.3 is 0 Å². The van der Waals surface area contributed by atoms with Crippen molar-refractivity contribution in [1.82, 2.24) is 14.9 Å². The minimum atomic E-state index is -0.00245. The zero-order valence-electron chi connectivity index (χ0n) is 15.7. The van der Waals surface area contributed by atoms with E-state index in [4.69, 9.17) is 0 Å². The van der Waals surface area contributed by atoms with Gasteiger partial charge in [-0.25, -0.2) is 4.98 Å². The van der Waals surface area contributed by atoms with Gasteiger partial charge in [0, 0.05) is 18.3 Å². The molecule has 3 aromatic rings. The molecule has 1 saturated heterocycles. The second-order valence-electron chi connectivity index (χ2n) is 7.49. The second-order valence-corrected chi connectivity index (χ2v) is 7.49. The van der Waals surface area contributed by atoms with E-state index in [-0.39, 0.29) is 5.91 Å². The van der Waals surface area contributed by atoms with Crippen LogP contribution in [0.2, 0.25) is 0 Å². The second kappa shape index (κ2) is 7.92. The van der Waals surface area contributed by atoms with Gasteiger partial charge in [-0.2, -0.15) is 0 Å². The van der Waals surface area contributed by atoms with Crippen LogP contribution < -0.4 is 5.32 Å². The van der Waals surface area contributed by atoms with Crippen molar-refractivity contribution in [1.29, 1.82) is 0 Å². The molecular weight excluding hydrogens is 336 g/mol. The Labute approximate surface area is 159 Å². The maximum absolute atomic E-state index is 12.5. The fourth-order valence-electron chi connectivity index (χ4n) is 3.86. The lowest BCUT2D eigenvalue weighted by Gasteiger charge is -2.33. The monoisotopic (exact) mass is 362 g/mol. The van der Waals surface area contributed by atoms with Gasteiger partial charge in [-0.1, -0.05) is 24.6 Å². The summed E-state index contributed by atoms with van der Waals surface area (Å²) >= 11 is 0. The van der Waals surface area contributed by atoms with Crippen LogP contribution in [0.4, 0.5) is 5.69 Å². The number of carbonyl (C=O) groups excluding carboxylic acids is 1. The lowest BCUT2D eigenvalue weighted by atomic mass is 10.0. The number of nitrogens with one attached hydrogen (secondary N) is 2. The van der Waals surface area contributed by atoms with Crippen molar-refractivity contribution in [3.63, 3.8) is 0 Å². The highest BCUT2D eigenvalue weighted by Crippen LogP contribution is 2.21. The number of rotatable bonds is 5. The first-order valence-electron chi connectivity index (χ1n) is 9.72. The van der Waals surface area contributed by atoms with Crippen LogP contribution in [0.5, 0.6) is 0 Å². The summed E-state index contributed by atoms with van der Waals surface area (Å²) in [5.41, 5.74) is 4.96. The van der Waals surface area contributed by atoms with Crippen LogP contribution in [0.1, 0.15) is 37.3 Å². The van der Waals surface area contributed by atoms with Gasteiger partial charge in [0.25, 0.3) is 0 Å². The fourth-order valence-corrected chi connectivity index (χ4v) is 3.86. The lowest BCUT2D eigenvalue weighted by Crippen LogP contribution is -2.36. The lowest BCUT2D eigenvalue weighted by molar-refractivity contribution is -0.115. The normalized spacial score (nSPS) is 17.9. The highest BCUT2D eigenvalue weighted by atomic mass is 16.1. The third-order valence-corrected chi connectivity index (χ3v) is 5.39. The van der Waals surface area contributed by atoms with E-state index < -0.39 is 0 Å². The highest BCUT2D eigenvalue weighted by molar-refractivity contribution is 5.92. The largest absolute Gasteiger partial charge is 0.345 e. The summed E-state index contributed by atoms with van der Waals surface area (Å²) in [5, 5.41) is 3.04. The Kier molecular flexibility index (Phi) is 5.21. The molecule has 5 nitrogen and oxygen atoms in total. The molecule has 4 rings (SSSR count). The quantitative estimate of drug-likeness (QED) is 0.718. The van der Waals surface area contributed by atoms with Crippen molar-refractivity contribution in [3.05, 3.63) is 59.9 Å².